The minimum absolute atomic E-state index is 0.0167. The van der Waals surface area contributed by atoms with Crippen LogP contribution in [0.4, 0.5) is 0 Å². The van der Waals surface area contributed by atoms with Gasteiger partial charge in [-0.3, -0.25) is 0 Å². The monoisotopic (exact) mass is 482 g/mol. The highest BCUT2D eigenvalue weighted by Crippen LogP contribution is 2.59. The highest BCUT2D eigenvalue weighted by Gasteiger charge is 2.40. The number of hydrogen-bond donors (Lipinski definition) is 0. The second-order valence-corrected chi connectivity index (χ2v) is 9.12. The fraction of sp³-hybridized carbons (Fsp3) is 0.444. The molecule has 186 valence electrons. The lowest BCUT2D eigenvalue weighted by molar-refractivity contribution is -0.148. The molecule has 3 aliphatic rings. The van der Waals surface area contributed by atoms with Crippen LogP contribution in [0.3, 0.4) is 0 Å². The van der Waals surface area contributed by atoms with E-state index in [0.29, 0.717) is 46.5 Å². The van der Waals surface area contributed by atoms with Crippen LogP contribution in [-0.4, -0.2) is 33.8 Å². The molecule has 0 saturated heterocycles. The lowest BCUT2D eigenvalue weighted by Crippen LogP contribution is -2.27. The summed E-state index contributed by atoms with van der Waals surface area (Å²) in [7, 11) is 3.20. The zero-order chi connectivity index (χ0) is 24.9. The summed E-state index contributed by atoms with van der Waals surface area (Å²) < 4.78 is 41.1. The van der Waals surface area contributed by atoms with Gasteiger partial charge in [-0.25, -0.2) is 4.79 Å². The van der Waals surface area contributed by atoms with Gasteiger partial charge in [-0.05, 0) is 43.9 Å². The molecule has 1 aliphatic carbocycles. The molecule has 0 spiro atoms. The van der Waals surface area contributed by atoms with Gasteiger partial charge in [0, 0.05) is 28.2 Å². The predicted molar refractivity (Wildman–Crippen MR) is 128 cm³/mol. The van der Waals surface area contributed by atoms with Crippen molar-refractivity contribution in [3.8, 4) is 45.6 Å². The van der Waals surface area contributed by atoms with Gasteiger partial charge in [-0.15, -0.1) is 0 Å². The van der Waals surface area contributed by atoms with Gasteiger partial charge >= 0.3 is 5.97 Å². The molecule has 5 rings (SSSR count). The van der Waals surface area contributed by atoms with E-state index in [1.807, 2.05) is 19.1 Å². The molecule has 3 atom stereocenters. The van der Waals surface area contributed by atoms with Crippen molar-refractivity contribution in [3.63, 3.8) is 0 Å². The Morgan fingerprint density at radius 3 is 2.14 bits per heavy atom. The van der Waals surface area contributed by atoms with Gasteiger partial charge in [0.15, 0.2) is 23.0 Å². The first-order valence-corrected chi connectivity index (χ1v) is 11.7. The van der Waals surface area contributed by atoms with Crippen molar-refractivity contribution in [1.82, 2.24) is 0 Å². The summed E-state index contributed by atoms with van der Waals surface area (Å²) in [5.74, 6) is 3.06. The van der Waals surface area contributed by atoms with E-state index in [0.717, 1.165) is 22.3 Å². The number of methoxy groups -OCH3 is 2. The number of benzene rings is 2. The van der Waals surface area contributed by atoms with Gasteiger partial charge in [0.1, 0.15) is 6.10 Å². The third kappa shape index (κ3) is 3.63. The first-order chi connectivity index (χ1) is 16.9. The van der Waals surface area contributed by atoms with Crippen LogP contribution in [-0.2, 0) is 16.0 Å². The number of esters is 1. The minimum atomic E-state index is -0.561. The normalized spacial score (nSPS) is 22.0. The fourth-order valence-electron chi connectivity index (χ4n) is 5.01. The van der Waals surface area contributed by atoms with Crippen LogP contribution < -0.4 is 28.4 Å². The second-order valence-electron chi connectivity index (χ2n) is 9.12. The van der Waals surface area contributed by atoms with Crippen LogP contribution in [0.25, 0.3) is 11.1 Å². The zero-order valence-corrected chi connectivity index (χ0v) is 20.9. The average Bonchev–Trinajstić information content (AvgIpc) is 3.53. The van der Waals surface area contributed by atoms with E-state index in [1.165, 1.54) is 0 Å². The van der Waals surface area contributed by atoms with Crippen LogP contribution in [0.5, 0.6) is 34.5 Å². The molecule has 35 heavy (non-hydrogen) atoms. The first kappa shape index (κ1) is 23.2. The Morgan fingerprint density at radius 1 is 0.943 bits per heavy atom. The third-order valence-electron chi connectivity index (χ3n) is 7.22. The van der Waals surface area contributed by atoms with Gasteiger partial charge in [0.25, 0.3) is 0 Å². The molecule has 8 heteroatoms. The van der Waals surface area contributed by atoms with Crippen LogP contribution >= 0.6 is 0 Å². The molecule has 2 aromatic carbocycles. The largest absolute Gasteiger partial charge is 0.492 e. The van der Waals surface area contributed by atoms with E-state index >= 15 is 0 Å². The van der Waals surface area contributed by atoms with E-state index < -0.39 is 6.10 Å². The molecular weight excluding hydrogens is 452 g/mol. The van der Waals surface area contributed by atoms with E-state index in [1.54, 1.807) is 27.2 Å². The first-order valence-electron chi connectivity index (χ1n) is 11.7. The highest BCUT2D eigenvalue weighted by molar-refractivity contribution is 5.90. The summed E-state index contributed by atoms with van der Waals surface area (Å²) in [5.41, 5.74) is 3.88. The highest BCUT2D eigenvalue weighted by atomic mass is 16.7. The Morgan fingerprint density at radius 2 is 1.54 bits per heavy atom. The van der Waals surface area contributed by atoms with E-state index in [9.17, 15) is 4.79 Å². The molecule has 2 heterocycles. The van der Waals surface area contributed by atoms with Crippen molar-refractivity contribution in [2.75, 3.05) is 27.8 Å². The maximum Gasteiger partial charge on any atom is 0.333 e. The van der Waals surface area contributed by atoms with Crippen molar-refractivity contribution in [2.24, 2.45) is 11.8 Å². The summed E-state index contributed by atoms with van der Waals surface area (Å²) in [6.07, 6.45) is 1.89. The maximum atomic E-state index is 13.0. The van der Waals surface area contributed by atoms with E-state index in [-0.39, 0.29) is 31.4 Å². The van der Waals surface area contributed by atoms with Crippen LogP contribution in [0.2, 0.25) is 0 Å². The van der Waals surface area contributed by atoms with Crippen molar-refractivity contribution in [3.05, 3.63) is 34.9 Å². The number of hydrogen-bond acceptors (Lipinski definition) is 8. The molecule has 0 N–H and O–H groups in total. The Labute approximate surface area is 204 Å². The zero-order valence-electron chi connectivity index (χ0n) is 20.9. The summed E-state index contributed by atoms with van der Waals surface area (Å²) in [5, 5.41) is 0. The molecule has 2 aromatic rings. The lowest BCUT2D eigenvalue weighted by Gasteiger charge is -2.35. The van der Waals surface area contributed by atoms with Crippen molar-refractivity contribution >= 4 is 5.97 Å². The molecule has 0 fully saturated rings. The molecule has 0 bridgehead atoms. The third-order valence-corrected chi connectivity index (χ3v) is 7.22. The number of rotatable bonds is 4. The quantitative estimate of drug-likeness (QED) is 0.434. The van der Waals surface area contributed by atoms with E-state index in [2.05, 4.69) is 13.8 Å². The summed E-state index contributed by atoms with van der Waals surface area (Å²) in [6.45, 7) is 8.02. The smallest absolute Gasteiger partial charge is 0.333 e. The number of carbonyl (C=O) groups is 1. The predicted octanol–water partition coefficient (Wildman–Crippen LogP) is 5.21. The summed E-state index contributed by atoms with van der Waals surface area (Å²) >= 11 is 0. The van der Waals surface area contributed by atoms with Crippen LogP contribution in [0.15, 0.2) is 23.8 Å². The van der Waals surface area contributed by atoms with Gasteiger partial charge in [0.2, 0.25) is 25.1 Å². The Balaban J connectivity index is 1.85. The van der Waals surface area contributed by atoms with Crippen LogP contribution in [0.1, 0.15) is 44.9 Å². The minimum Gasteiger partial charge on any atom is -0.492 e. The molecule has 0 amide bonds. The van der Waals surface area contributed by atoms with E-state index in [4.69, 9.17) is 33.2 Å². The Hall–Kier alpha value is -3.55. The topological polar surface area (TPSA) is 81.7 Å². The summed E-state index contributed by atoms with van der Waals surface area (Å²) in [6, 6.07) is 3.90. The average molecular weight is 483 g/mol. The second kappa shape index (κ2) is 8.91. The number of fused-ring (bicyclic) bond motifs is 5. The Kier molecular flexibility index (Phi) is 5.91. The van der Waals surface area contributed by atoms with Crippen LogP contribution in [0, 0.1) is 11.8 Å². The summed E-state index contributed by atoms with van der Waals surface area (Å²) in [4.78, 5) is 13.0. The van der Waals surface area contributed by atoms with Gasteiger partial charge in [-0.2, -0.15) is 0 Å². The van der Waals surface area contributed by atoms with Gasteiger partial charge in [0.05, 0.1) is 14.2 Å². The SMILES string of the molecule is CC=C(C)C(=O)O[C@H]1c2cc3c(c(OC)c2-c2c(cc4c(c2OC)OCO4)C[C@H](C)[C@@H]1C)OCO3. The molecule has 8 nitrogen and oxygen atoms in total. The molecule has 0 aromatic heterocycles. The number of allylic oxidation sites excluding steroid dienone is 1. The standard InChI is InChI=1S/C27H30O8/c1-7-13(2)27(28)35-22-15(4)14(3)8-16-9-18-23(33-11-31-18)25(29-5)20(16)21-17(22)10-19-24(26(21)30-6)34-12-32-19/h7,9-10,14-15,22H,8,11-12H2,1-6H3/t14-,15-,22+/m0/s1. The molecule has 0 radical (unpaired) electrons. The Bertz CT molecular complexity index is 1210. The van der Waals surface area contributed by atoms with Gasteiger partial charge in [-0.1, -0.05) is 19.9 Å². The van der Waals surface area contributed by atoms with Gasteiger partial charge < -0.3 is 33.2 Å². The molecule has 0 unspecified atom stereocenters. The molecule has 2 aliphatic heterocycles. The fourth-order valence-corrected chi connectivity index (χ4v) is 5.01. The lowest BCUT2D eigenvalue weighted by atomic mass is 9.76. The molecule has 0 saturated carbocycles. The molecular formula is C27H30O8. The van der Waals surface area contributed by atoms with Crippen molar-refractivity contribution < 1.29 is 38.0 Å². The maximum absolute atomic E-state index is 13.0. The number of ether oxygens (including phenoxy) is 7. The van der Waals surface area contributed by atoms with Crippen molar-refractivity contribution in [1.29, 1.82) is 0 Å². The number of carbonyl (C=O) groups excluding carboxylic acids is 1. The van der Waals surface area contributed by atoms with Crippen molar-refractivity contribution in [2.45, 2.75) is 40.2 Å².